The SMILES string of the molecule is CN(C)CCC1=CC[C@H]2OC(=O)c3cc4c(cc3[C@H]2C1)OCO4. The fraction of sp³-hybridized carbons (Fsp3) is 0.500. The maximum Gasteiger partial charge on any atom is 0.338 e. The molecule has 1 aromatic rings. The minimum Gasteiger partial charge on any atom is -0.458 e. The van der Waals surface area contributed by atoms with Gasteiger partial charge in [-0.2, -0.15) is 0 Å². The monoisotopic (exact) mass is 315 g/mol. The van der Waals surface area contributed by atoms with E-state index in [0.29, 0.717) is 11.3 Å². The summed E-state index contributed by atoms with van der Waals surface area (Å²) < 4.78 is 16.5. The number of hydrogen-bond acceptors (Lipinski definition) is 5. The van der Waals surface area contributed by atoms with Gasteiger partial charge >= 0.3 is 5.97 Å². The van der Waals surface area contributed by atoms with Gasteiger partial charge in [0.05, 0.1) is 5.56 Å². The lowest BCUT2D eigenvalue weighted by molar-refractivity contribution is 0.0165. The molecule has 0 saturated carbocycles. The first-order valence-electron chi connectivity index (χ1n) is 8.09. The summed E-state index contributed by atoms with van der Waals surface area (Å²) in [6.45, 7) is 1.26. The highest BCUT2D eigenvalue weighted by Gasteiger charge is 2.39. The molecule has 0 amide bonds. The quantitative estimate of drug-likeness (QED) is 0.634. The van der Waals surface area contributed by atoms with Crippen molar-refractivity contribution < 1.29 is 19.0 Å². The van der Waals surface area contributed by atoms with E-state index in [2.05, 4.69) is 25.1 Å². The maximum absolute atomic E-state index is 12.3. The summed E-state index contributed by atoms with van der Waals surface area (Å²) in [7, 11) is 4.18. The zero-order valence-corrected chi connectivity index (χ0v) is 13.5. The summed E-state index contributed by atoms with van der Waals surface area (Å²) in [6, 6.07) is 3.75. The molecule has 0 spiro atoms. The molecule has 0 aromatic heterocycles. The van der Waals surface area contributed by atoms with Crippen LogP contribution < -0.4 is 9.47 Å². The largest absolute Gasteiger partial charge is 0.458 e. The van der Waals surface area contributed by atoms with Crippen LogP contribution in [-0.4, -0.2) is 44.4 Å². The zero-order valence-electron chi connectivity index (χ0n) is 13.5. The standard InChI is InChI=1S/C18H21NO4/c1-19(2)6-5-11-3-4-15-13(7-11)12-8-16-17(22-10-21-16)9-14(12)18(20)23-15/h3,8-9,13,15H,4-7,10H2,1-2H3/t13-,15-/m1/s1. The molecule has 2 atom stereocenters. The molecule has 0 bridgehead atoms. The fourth-order valence-electron chi connectivity index (χ4n) is 3.60. The molecule has 3 aliphatic rings. The van der Waals surface area contributed by atoms with Gasteiger partial charge in [0.25, 0.3) is 0 Å². The van der Waals surface area contributed by atoms with Crippen LogP contribution in [0.15, 0.2) is 23.8 Å². The van der Waals surface area contributed by atoms with Crippen molar-refractivity contribution in [3.05, 3.63) is 34.9 Å². The van der Waals surface area contributed by atoms with Gasteiger partial charge in [0.2, 0.25) is 6.79 Å². The Labute approximate surface area is 135 Å². The summed E-state index contributed by atoms with van der Waals surface area (Å²) in [5.74, 6) is 1.35. The third kappa shape index (κ3) is 2.59. The van der Waals surface area contributed by atoms with Crippen molar-refractivity contribution in [3.8, 4) is 11.5 Å². The van der Waals surface area contributed by atoms with Crippen molar-refractivity contribution in [2.75, 3.05) is 27.4 Å². The van der Waals surface area contributed by atoms with E-state index in [1.807, 2.05) is 6.07 Å². The molecule has 1 aliphatic carbocycles. The first-order chi connectivity index (χ1) is 11.1. The summed E-state index contributed by atoms with van der Waals surface area (Å²) >= 11 is 0. The van der Waals surface area contributed by atoms with Gasteiger partial charge in [0.15, 0.2) is 11.5 Å². The van der Waals surface area contributed by atoms with Gasteiger partial charge in [-0.15, -0.1) is 0 Å². The van der Waals surface area contributed by atoms with Gasteiger partial charge in [-0.1, -0.05) is 11.6 Å². The molecule has 0 fully saturated rings. The van der Waals surface area contributed by atoms with Crippen LogP contribution in [0.5, 0.6) is 11.5 Å². The van der Waals surface area contributed by atoms with Gasteiger partial charge in [-0.05, 0) is 44.6 Å². The van der Waals surface area contributed by atoms with Crippen molar-refractivity contribution in [2.24, 2.45) is 0 Å². The summed E-state index contributed by atoms with van der Waals surface area (Å²) in [5.41, 5.74) is 3.12. The van der Waals surface area contributed by atoms with Crippen LogP contribution in [0.25, 0.3) is 0 Å². The average Bonchev–Trinajstić information content (AvgIpc) is 2.99. The van der Waals surface area contributed by atoms with Gasteiger partial charge < -0.3 is 19.1 Å². The molecular formula is C18H21NO4. The second kappa shape index (κ2) is 5.57. The van der Waals surface area contributed by atoms with E-state index in [9.17, 15) is 4.79 Å². The Kier molecular flexibility index (Phi) is 3.53. The number of carbonyl (C=O) groups is 1. The van der Waals surface area contributed by atoms with Gasteiger partial charge in [-0.3, -0.25) is 0 Å². The fourth-order valence-corrected chi connectivity index (χ4v) is 3.60. The molecule has 0 unspecified atom stereocenters. The van der Waals surface area contributed by atoms with Crippen LogP contribution in [0.3, 0.4) is 0 Å². The normalized spacial score (nSPS) is 24.8. The number of esters is 1. The third-order valence-electron chi connectivity index (χ3n) is 4.87. The molecule has 1 aromatic carbocycles. The van der Waals surface area contributed by atoms with Crippen molar-refractivity contribution in [1.82, 2.24) is 4.90 Å². The Morgan fingerprint density at radius 1 is 1.22 bits per heavy atom. The number of carbonyl (C=O) groups excluding carboxylic acids is 1. The van der Waals surface area contributed by atoms with Gasteiger partial charge in [0, 0.05) is 18.9 Å². The number of benzene rings is 1. The Morgan fingerprint density at radius 2 is 2.00 bits per heavy atom. The maximum atomic E-state index is 12.3. The first kappa shape index (κ1) is 14.6. The molecule has 122 valence electrons. The Morgan fingerprint density at radius 3 is 2.78 bits per heavy atom. The molecule has 5 heteroatoms. The van der Waals surface area contributed by atoms with E-state index in [1.54, 1.807) is 6.07 Å². The smallest absolute Gasteiger partial charge is 0.338 e. The van der Waals surface area contributed by atoms with Crippen molar-refractivity contribution in [2.45, 2.75) is 31.3 Å². The predicted molar refractivity (Wildman–Crippen MR) is 85.0 cm³/mol. The molecular weight excluding hydrogens is 294 g/mol. The summed E-state index contributed by atoms with van der Waals surface area (Å²) in [6.07, 6.45) is 4.99. The Bertz CT molecular complexity index is 680. The van der Waals surface area contributed by atoms with E-state index in [-0.39, 0.29) is 24.8 Å². The third-order valence-corrected chi connectivity index (χ3v) is 4.87. The Hall–Kier alpha value is -2.01. The van der Waals surface area contributed by atoms with E-state index in [4.69, 9.17) is 14.2 Å². The number of fused-ring (bicyclic) bond motifs is 4. The van der Waals surface area contributed by atoms with E-state index >= 15 is 0 Å². The lowest BCUT2D eigenvalue weighted by Crippen LogP contribution is -2.34. The zero-order chi connectivity index (χ0) is 16.0. The number of hydrogen-bond donors (Lipinski definition) is 0. The topological polar surface area (TPSA) is 48.0 Å². The van der Waals surface area contributed by atoms with E-state index in [0.717, 1.165) is 37.1 Å². The second-order valence-electron chi connectivity index (χ2n) is 6.70. The van der Waals surface area contributed by atoms with Gasteiger partial charge in [0.1, 0.15) is 6.10 Å². The van der Waals surface area contributed by atoms with Crippen LogP contribution in [-0.2, 0) is 4.74 Å². The van der Waals surface area contributed by atoms with Crippen LogP contribution in [0.1, 0.15) is 41.1 Å². The van der Waals surface area contributed by atoms with Crippen molar-refractivity contribution in [1.29, 1.82) is 0 Å². The highest BCUT2D eigenvalue weighted by atomic mass is 16.7. The van der Waals surface area contributed by atoms with Crippen LogP contribution in [0.4, 0.5) is 0 Å². The predicted octanol–water partition coefficient (Wildman–Crippen LogP) is 2.71. The minimum absolute atomic E-state index is 0.0570. The van der Waals surface area contributed by atoms with Crippen LogP contribution >= 0.6 is 0 Å². The minimum atomic E-state index is -0.246. The molecule has 0 N–H and O–H groups in total. The lowest BCUT2D eigenvalue weighted by Gasteiger charge is -2.36. The molecule has 0 saturated heterocycles. The molecule has 5 nitrogen and oxygen atoms in total. The summed E-state index contributed by atoms with van der Waals surface area (Å²) in [4.78, 5) is 14.5. The molecule has 23 heavy (non-hydrogen) atoms. The molecule has 0 radical (unpaired) electrons. The number of nitrogens with zero attached hydrogens (tertiary/aromatic N) is 1. The lowest BCUT2D eigenvalue weighted by atomic mass is 9.77. The van der Waals surface area contributed by atoms with Gasteiger partial charge in [-0.25, -0.2) is 4.79 Å². The first-order valence-corrected chi connectivity index (χ1v) is 8.09. The van der Waals surface area contributed by atoms with Crippen molar-refractivity contribution in [3.63, 3.8) is 0 Å². The highest BCUT2D eigenvalue weighted by Crippen LogP contribution is 2.45. The van der Waals surface area contributed by atoms with Crippen LogP contribution in [0.2, 0.25) is 0 Å². The number of rotatable bonds is 3. The van der Waals surface area contributed by atoms with Crippen molar-refractivity contribution >= 4 is 5.97 Å². The average molecular weight is 315 g/mol. The summed E-state index contributed by atoms with van der Waals surface area (Å²) in [5, 5.41) is 0. The van der Waals surface area contributed by atoms with E-state index < -0.39 is 0 Å². The molecule has 2 heterocycles. The highest BCUT2D eigenvalue weighted by molar-refractivity contribution is 5.93. The molecule has 4 rings (SSSR count). The van der Waals surface area contributed by atoms with E-state index in [1.165, 1.54) is 5.57 Å². The Balaban J connectivity index is 1.64. The number of ether oxygens (including phenoxy) is 3. The molecule has 2 aliphatic heterocycles. The van der Waals surface area contributed by atoms with Crippen LogP contribution in [0, 0.1) is 0 Å². The second-order valence-corrected chi connectivity index (χ2v) is 6.70.